The van der Waals surface area contributed by atoms with Crippen LogP contribution in [0.15, 0.2) is 53.0 Å². The summed E-state index contributed by atoms with van der Waals surface area (Å²) >= 11 is 3.34. The Morgan fingerprint density at radius 2 is 1.65 bits per heavy atom. The summed E-state index contributed by atoms with van der Waals surface area (Å²) in [7, 11) is 0. The Bertz CT molecular complexity index is 772. The number of amides is 2. The summed E-state index contributed by atoms with van der Waals surface area (Å²) in [4.78, 5) is 15.8. The second-order valence-corrected chi connectivity index (χ2v) is 6.87. The largest absolute Gasteiger partial charge is 0.416 e. The van der Waals surface area contributed by atoms with Crippen molar-refractivity contribution in [2.24, 2.45) is 0 Å². The molecule has 26 heavy (non-hydrogen) atoms. The van der Waals surface area contributed by atoms with E-state index in [2.05, 4.69) is 21.2 Å². The molecule has 1 fully saturated rings. The Labute approximate surface area is 157 Å². The molecule has 2 aromatic carbocycles. The third kappa shape index (κ3) is 4.49. The van der Waals surface area contributed by atoms with Crippen molar-refractivity contribution in [3.63, 3.8) is 0 Å². The van der Waals surface area contributed by atoms with Gasteiger partial charge in [0, 0.05) is 42.0 Å². The topological polar surface area (TPSA) is 35.6 Å². The first-order chi connectivity index (χ1) is 12.3. The number of nitrogens with zero attached hydrogens (tertiary/aromatic N) is 2. The fraction of sp³-hybridized carbons (Fsp3) is 0.278. The molecule has 1 aliphatic heterocycles. The Morgan fingerprint density at radius 3 is 2.27 bits per heavy atom. The summed E-state index contributed by atoms with van der Waals surface area (Å²) in [6, 6.07) is 12.3. The second-order valence-electron chi connectivity index (χ2n) is 5.96. The predicted molar refractivity (Wildman–Crippen MR) is 98.4 cm³/mol. The van der Waals surface area contributed by atoms with Crippen LogP contribution in [0.1, 0.15) is 5.56 Å². The zero-order valence-electron chi connectivity index (χ0n) is 13.8. The zero-order valence-corrected chi connectivity index (χ0v) is 15.3. The van der Waals surface area contributed by atoms with E-state index < -0.39 is 11.7 Å². The van der Waals surface area contributed by atoms with Gasteiger partial charge in [0.1, 0.15) is 0 Å². The van der Waals surface area contributed by atoms with Crippen LogP contribution in [0.3, 0.4) is 0 Å². The van der Waals surface area contributed by atoms with E-state index in [1.54, 1.807) is 23.1 Å². The van der Waals surface area contributed by atoms with E-state index in [4.69, 9.17) is 0 Å². The van der Waals surface area contributed by atoms with Crippen molar-refractivity contribution in [3.05, 3.63) is 58.6 Å². The van der Waals surface area contributed by atoms with Crippen LogP contribution in [0.25, 0.3) is 0 Å². The number of benzene rings is 2. The molecule has 0 aliphatic carbocycles. The molecular weight excluding hydrogens is 411 g/mol. The molecule has 2 amide bonds. The Morgan fingerprint density at radius 1 is 1.00 bits per heavy atom. The number of hydrogen-bond donors (Lipinski definition) is 1. The quantitative estimate of drug-likeness (QED) is 0.745. The number of urea groups is 1. The fourth-order valence-corrected chi connectivity index (χ4v) is 3.05. The van der Waals surface area contributed by atoms with Crippen molar-refractivity contribution >= 4 is 33.3 Å². The van der Waals surface area contributed by atoms with Gasteiger partial charge in [-0.1, -0.05) is 22.0 Å². The average molecular weight is 428 g/mol. The highest BCUT2D eigenvalue weighted by Crippen LogP contribution is 2.31. The number of carbonyl (C=O) groups excluding carboxylic acids is 1. The lowest BCUT2D eigenvalue weighted by Gasteiger charge is -2.36. The van der Waals surface area contributed by atoms with E-state index in [0.717, 1.165) is 16.6 Å². The summed E-state index contributed by atoms with van der Waals surface area (Å²) in [5.74, 6) is 0. The van der Waals surface area contributed by atoms with Gasteiger partial charge >= 0.3 is 12.2 Å². The highest BCUT2D eigenvalue weighted by Gasteiger charge is 2.31. The van der Waals surface area contributed by atoms with Crippen LogP contribution >= 0.6 is 15.9 Å². The summed E-state index contributed by atoms with van der Waals surface area (Å²) in [5.41, 5.74) is 0.553. The molecule has 1 N–H and O–H groups in total. The first-order valence-electron chi connectivity index (χ1n) is 8.06. The number of anilines is 2. The maximum atomic E-state index is 12.9. The normalized spacial score (nSPS) is 15.1. The Balaban J connectivity index is 1.59. The van der Waals surface area contributed by atoms with Gasteiger partial charge in [-0.25, -0.2) is 4.79 Å². The molecule has 3 rings (SSSR count). The number of rotatable bonds is 2. The summed E-state index contributed by atoms with van der Waals surface area (Å²) in [6.45, 7) is 1.85. The van der Waals surface area contributed by atoms with Gasteiger partial charge in [0.05, 0.1) is 5.56 Å². The maximum absolute atomic E-state index is 12.9. The Kier molecular flexibility index (Phi) is 5.41. The van der Waals surface area contributed by atoms with E-state index >= 15 is 0 Å². The minimum atomic E-state index is -4.36. The van der Waals surface area contributed by atoms with Crippen molar-refractivity contribution in [1.29, 1.82) is 0 Å². The SMILES string of the molecule is O=C(Nc1ccc(Br)cc1)N1CCN(c2cccc(C(F)(F)F)c2)CC1. The van der Waals surface area contributed by atoms with Crippen LogP contribution in [-0.4, -0.2) is 37.1 Å². The minimum Gasteiger partial charge on any atom is -0.368 e. The number of halogens is 4. The predicted octanol–water partition coefficient (Wildman–Crippen LogP) is 4.82. The Hall–Kier alpha value is -2.22. The van der Waals surface area contributed by atoms with Crippen LogP contribution < -0.4 is 10.2 Å². The molecule has 0 radical (unpaired) electrons. The average Bonchev–Trinajstić information content (AvgIpc) is 2.63. The van der Waals surface area contributed by atoms with Gasteiger partial charge in [0.2, 0.25) is 0 Å². The number of nitrogens with one attached hydrogen (secondary N) is 1. The molecule has 0 bridgehead atoms. The molecule has 1 saturated heterocycles. The van der Waals surface area contributed by atoms with Gasteiger partial charge in [0.15, 0.2) is 0 Å². The van der Waals surface area contributed by atoms with E-state index in [1.807, 2.05) is 17.0 Å². The molecule has 4 nitrogen and oxygen atoms in total. The number of alkyl halides is 3. The third-order valence-electron chi connectivity index (χ3n) is 4.20. The molecule has 0 saturated carbocycles. The molecule has 0 unspecified atom stereocenters. The molecular formula is C18H17BrF3N3O. The molecule has 0 atom stereocenters. The number of carbonyl (C=O) groups is 1. The van der Waals surface area contributed by atoms with Gasteiger partial charge in [-0.3, -0.25) is 0 Å². The van der Waals surface area contributed by atoms with Gasteiger partial charge in [-0.05, 0) is 42.5 Å². The minimum absolute atomic E-state index is 0.212. The zero-order chi connectivity index (χ0) is 18.7. The maximum Gasteiger partial charge on any atom is 0.416 e. The van der Waals surface area contributed by atoms with Crippen LogP contribution in [0.4, 0.5) is 29.3 Å². The lowest BCUT2D eigenvalue weighted by molar-refractivity contribution is -0.137. The second kappa shape index (κ2) is 7.57. The molecule has 1 aliphatic rings. The molecule has 1 heterocycles. The first kappa shape index (κ1) is 18.6. The highest BCUT2D eigenvalue weighted by atomic mass is 79.9. The van der Waals surface area contributed by atoms with E-state index in [1.165, 1.54) is 6.07 Å². The monoisotopic (exact) mass is 427 g/mol. The highest BCUT2D eigenvalue weighted by molar-refractivity contribution is 9.10. The molecule has 2 aromatic rings. The molecule has 8 heteroatoms. The van der Waals surface area contributed by atoms with E-state index in [0.29, 0.717) is 37.6 Å². The number of piperazine rings is 1. The van der Waals surface area contributed by atoms with Crippen molar-refractivity contribution < 1.29 is 18.0 Å². The lowest BCUT2D eigenvalue weighted by Crippen LogP contribution is -2.50. The summed E-state index contributed by atoms with van der Waals surface area (Å²) < 4.78 is 39.5. The standard InChI is InChI=1S/C18H17BrF3N3O/c19-14-4-6-15(7-5-14)23-17(26)25-10-8-24(9-11-25)16-3-1-2-13(12-16)18(20,21)22/h1-7,12H,8-11H2,(H,23,26). The summed E-state index contributed by atoms with van der Waals surface area (Å²) in [6.07, 6.45) is -4.36. The number of hydrogen-bond acceptors (Lipinski definition) is 2. The third-order valence-corrected chi connectivity index (χ3v) is 4.73. The fourth-order valence-electron chi connectivity index (χ4n) is 2.78. The van der Waals surface area contributed by atoms with Crippen molar-refractivity contribution in [2.75, 3.05) is 36.4 Å². The molecule has 0 spiro atoms. The smallest absolute Gasteiger partial charge is 0.368 e. The van der Waals surface area contributed by atoms with Gasteiger partial charge in [0.25, 0.3) is 0 Å². The lowest BCUT2D eigenvalue weighted by atomic mass is 10.1. The van der Waals surface area contributed by atoms with Crippen LogP contribution in [-0.2, 0) is 6.18 Å². The molecule has 0 aromatic heterocycles. The van der Waals surface area contributed by atoms with E-state index in [9.17, 15) is 18.0 Å². The molecule has 138 valence electrons. The van der Waals surface area contributed by atoms with Crippen LogP contribution in [0.2, 0.25) is 0 Å². The van der Waals surface area contributed by atoms with Crippen LogP contribution in [0.5, 0.6) is 0 Å². The summed E-state index contributed by atoms with van der Waals surface area (Å²) in [5, 5.41) is 2.82. The van der Waals surface area contributed by atoms with Gasteiger partial charge < -0.3 is 15.1 Å². The van der Waals surface area contributed by atoms with Gasteiger partial charge in [-0.15, -0.1) is 0 Å². The van der Waals surface area contributed by atoms with Crippen molar-refractivity contribution in [2.45, 2.75) is 6.18 Å². The van der Waals surface area contributed by atoms with Crippen molar-refractivity contribution in [3.8, 4) is 0 Å². The van der Waals surface area contributed by atoms with E-state index in [-0.39, 0.29) is 6.03 Å². The van der Waals surface area contributed by atoms with Crippen LogP contribution in [0, 0.1) is 0 Å². The van der Waals surface area contributed by atoms with Gasteiger partial charge in [-0.2, -0.15) is 13.2 Å². The first-order valence-corrected chi connectivity index (χ1v) is 8.86. The van der Waals surface area contributed by atoms with Crippen molar-refractivity contribution in [1.82, 2.24) is 4.90 Å².